The van der Waals surface area contributed by atoms with E-state index >= 15 is 0 Å². The molecule has 2 aromatic rings. The summed E-state index contributed by atoms with van der Waals surface area (Å²) in [6.07, 6.45) is 2.89. The first-order chi connectivity index (χ1) is 12.8. The van der Waals surface area contributed by atoms with Gasteiger partial charge in [0.2, 0.25) is 5.89 Å². The molecule has 3 fully saturated rings. The van der Waals surface area contributed by atoms with Crippen LogP contribution in [0.2, 0.25) is 0 Å². The Morgan fingerprint density at radius 2 is 1.89 bits per heavy atom. The van der Waals surface area contributed by atoms with Crippen molar-refractivity contribution in [3.8, 4) is 0 Å². The van der Waals surface area contributed by atoms with Gasteiger partial charge in [0, 0.05) is 31.6 Å². The Morgan fingerprint density at radius 3 is 2.59 bits per heavy atom. The van der Waals surface area contributed by atoms with E-state index in [2.05, 4.69) is 25.7 Å². The predicted octanol–water partition coefficient (Wildman–Crippen LogP) is 1.97. The lowest BCUT2D eigenvalue weighted by molar-refractivity contribution is 0.183. The van der Waals surface area contributed by atoms with E-state index in [4.69, 9.17) is 4.52 Å². The fraction of sp³-hybridized carbons (Fsp3) is 0.526. The molecule has 27 heavy (non-hydrogen) atoms. The summed E-state index contributed by atoms with van der Waals surface area (Å²) in [5, 5.41) is 10.5. The highest BCUT2D eigenvalue weighted by molar-refractivity contribution is 5.85. The number of urea groups is 1. The van der Waals surface area contributed by atoms with Gasteiger partial charge >= 0.3 is 6.03 Å². The van der Waals surface area contributed by atoms with Crippen LogP contribution in [0.15, 0.2) is 34.9 Å². The summed E-state index contributed by atoms with van der Waals surface area (Å²) in [7, 11) is 0. The van der Waals surface area contributed by atoms with Crippen molar-refractivity contribution < 1.29 is 9.32 Å². The number of rotatable bonds is 4. The number of hydrogen-bond donors (Lipinski definition) is 2. The van der Waals surface area contributed by atoms with Gasteiger partial charge in [-0.05, 0) is 30.2 Å². The zero-order valence-electron chi connectivity index (χ0n) is 15.0. The summed E-state index contributed by atoms with van der Waals surface area (Å²) in [5.74, 6) is 2.35. The van der Waals surface area contributed by atoms with Gasteiger partial charge in [0.15, 0.2) is 5.82 Å². The van der Waals surface area contributed by atoms with Gasteiger partial charge in [-0.15, -0.1) is 12.4 Å². The van der Waals surface area contributed by atoms with Crippen molar-refractivity contribution in [2.45, 2.75) is 37.9 Å². The van der Waals surface area contributed by atoms with Crippen molar-refractivity contribution in [1.82, 2.24) is 25.7 Å². The average molecular weight is 390 g/mol. The molecular weight excluding hydrogens is 366 g/mol. The van der Waals surface area contributed by atoms with Crippen LogP contribution in [0.25, 0.3) is 0 Å². The first-order valence-electron chi connectivity index (χ1n) is 9.42. The van der Waals surface area contributed by atoms with Gasteiger partial charge in [-0.25, -0.2) is 4.79 Å². The molecule has 2 bridgehead atoms. The lowest BCUT2D eigenvalue weighted by Gasteiger charge is -2.24. The number of halogens is 1. The zero-order valence-corrected chi connectivity index (χ0v) is 15.8. The van der Waals surface area contributed by atoms with Gasteiger partial charge in [-0.3, -0.25) is 0 Å². The molecule has 8 heteroatoms. The molecule has 0 unspecified atom stereocenters. The molecule has 7 nitrogen and oxygen atoms in total. The topological polar surface area (TPSA) is 83.3 Å². The first-order valence-corrected chi connectivity index (χ1v) is 9.42. The number of carbonyl (C=O) groups is 1. The number of carbonyl (C=O) groups excluding carboxylic acids is 1. The molecule has 3 aliphatic rings. The van der Waals surface area contributed by atoms with Crippen molar-refractivity contribution in [2.75, 3.05) is 13.1 Å². The third-order valence-corrected chi connectivity index (χ3v) is 6.11. The van der Waals surface area contributed by atoms with Crippen LogP contribution in [0.5, 0.6) is 0 Å². The number of nitrogens with one attached hydrogen (secondary N) is 2. The van der Waals surface area contributed by atoms with E-state index in [1.54, 1.807) is 0 Å². The maximum atomic E-state index is 12.7. The van der Waals surface area contributed by atoms with Crippen LogP contribution < -0.4 is 10.6 Å². The van der Waals surface area contributed by atoms with Crippen LogP contribution in [-0.4, -0.2) is 46.2 Å². The van der Waals surface area contributed by atoms with Crippen molar-refractivity contribution in [2.24, 2.45) is 11.8 Å². The van der Waals surface area contributed by atoms with Crippen molar-refractivity contribution in [1.29, 1.82) is 0 Å². The number of fused-ring (bicyclic) bond motifs is 5. The molecule has 3 aliphatic heterocycles. The number of aromatic nitrogens is 2. The Hall–Kier alpha value is -2.12. The van der Waals surface area contributed by atoms with Gasteiger partial charge in [0.05, 0.1) is 6.54 Å². The quantitative estimate of drug-likeness (QED) is 0.835. The molecular formula is C19H24ClN5O2. The van der Waals surface area contributed by atoms with E-state index in [0.29, 0.717) is 42.1 Å². The molecule has 5 rings (SSSR count). The summed E-state index contributed by atoms with van der Waals surface area (Å²) in [4.78, 5) is 19.2. The molecule has 3 saturated heterocycles. The summed E-state index contributed by atoms with van der Waals surface area (Å²) in [5.41, 5.74) is 1.14. The minimum absolute atomic E-state index is 0. The van der Waals surface area contributed by atoms with Crippen LogP contribution in [0.4, 0.5) is 4.79 Å². The fourth-order valence-corrected chi connectivity index (χ4v) is 5.02. The SMILES string of the molecule is Cl.O=C(NCc1nc(Cc2ccccc2)no1)N1[C@@H]2CC[C@H]1[C@H]1CNC[C@H]12. The predicted molar refractivity (Wildman–Crippen MR) is 102 cm³/mol. The van der Waals surface area contributed by atoms with Crippen molar-refractivity contribution in [3.63, 3.8) is 0 Å². The average Bonchev–Trinajstić information content (AvgIpc) is 3.42. The highest BCUT2D eigenvalue weighted by Crippen LogP contribution is 2.47. The summed E-state index contributed by atoms with van der Waals surface area (Å²) in [6.45, 7) is 2.37. The zero-order chi connectivity index (χ0) is 17.5. The van der Waals surface area contributed by atoms with Crippen LogP contribution in [-0.2, 0) is 13.0 Å². The van der Waals surface area contributed by atoms with Crippen LogP contribution in [0, 0.1) is 11.8 Å². The molecule has 0 saturated carbocycles. The minimum atomic E-state index is 0. The summed E-state index contributed by atoms with van der Waals surface area (Å²) >= 11 is 0. The Labute approximate surface area is 164 Å². The van der Waals surface area contributed by atoms with E-state index in [-0.39, 0.29) is 25.0 Å². The molecule has 2 amide bonds. The van der Waals surface area contributed by atoms with E-state index < -0.39 is 0 Å². The molecule has 4 atom stereocenters. The summed E-state index contributed by atoms with van der Waals surface area (Å²) < 4.78 is 5.29. The largest absolute Gasteiger partial charge is 0.337 e. The third kappa shape index (κ3) is 3.30. The van der Waals surface area contributed by atoms with E-state index in [1.807, 2.05) is 30.3 Å². The Morgan fingerprint density at radius 1 is 1.19 bits per heavy atom. The molecule has 1 aromatic heterocycles. The second-order valence-corrected chi connectivity index (χ2v) is 7.53. The summed E-state index contributed by atoms with van der Waals surface area (Å²) in [6, 6.07) is 10.8. The van der Waals surface area contributed by atoms with E-state index in [0.717, 1.165) is 31.5 Å². The van der Waals surface area contributed by atoms with Gasteiger partial charge in [0.25, 0.3) is 0 Å². The van der Waals surface area contributed by atoms with Gasteiger partial charge in [-0.2, -0.15) is 4.98 Å². The fourth-order valence-electron chi connectivity index (χ4n) is 5.02. The maximum Gasteiger partial charge on any atom is 0.318 e. The Balaban J connectivity index is 0.00000180. The highest BCUT2D eigenvalue weighted by atomic mass is 35.5. The first kappa shape index (κ1) is 18.3. The molecule has 4 heterocycles. The third-order valence-electron chi connectivity index (χ3n) is 6.11. The molecule has 2 N–H and O–H groups in total. The van der Waals surface area contributed by atoms with Gasteiger partial charge in [0.1, 0.15) is 0 Å². The van der Waals surface area contributed by atoms with Crippen molar-refractivity contribution >= 4 is 18.4 Å². The molecule has 0 aliphatic carbocycles. The monoisotopic (exact) mass is 389 g/mol. The second kappa shape index (κ2) is 7.48. The Bertz CT molecular complexity index is 780. The van der Waals surface area contributed by atoms with Crippen LogP contribution in [0.3, 0.4) is 0 Å². The molecule has 0 spiro atoms. The highest BCUT2D eigenvalue weighted by Gasteiger charge is 2.56. The number of benzene rings is 1. The number of hydrogen-bond acceptors (Lipinski definition) is 5. The molecule has 1 aromatic carbocycles. The normalized spacial score (nSPS) is 28.1. The van der Waals surface area contributed by atoms with Crippen LogP contribution in [0.1, 0.15) is 30.1 Å². The lowest BCUT2D eigenvalue weighted by Crippen LogP contribution is -2.45. The van der Waals surface area contributed by atoms with Crippen molar-refractivity contribution in [3.05, 3.63) is 47.6 Å². The van der Waals surface area contributed by atoms with Gasteiger partial charge in [-0.1, -0.05) is 35.5 Å². The molecule has 0 radical (unpaired) electrons. The van der Waals surface area contributed by atoms with Gasteiger partial charge < -0.3 is 20.1 Å². The van der Waals surface area contributed by atoms with E-state index in [1.165, 1.54) is 0 Å². The smallest absolute Gasteiger partial charge is 0.318 e. The second-order valence-electron chi connectivity index (χ2n) is 7.53. The standard InChI is InChI=1S/C19H23N5O2.ClH/c25-19(24-15-6-7-16(24)14-10-20-9-13(14)15)21-11-18-22-17(23-26-18)8-12-4-2-1-3-5-12;/h1-5,13-16,20H,6-11H2,(H,21,25);1H/t13-,14+,15-,16+;. The lowest BCUT2D eigenvalue weighted by atomic mass is 9.82. The van der Waals surface area contributed by atoms with Crippen LogP contribution >= 0.6 is 12.4 Å². The minimum Gasteiger partial charge on any atom is -0.337 e. The molecule has 144 valence electrons. The maximum absolute atomic E-state index is 12.7. The number of nitrogens with zero attached hydrogens (tertiary/aromatic N) is 3. The Kier molecular flexibility index (Phi) is 5.06. The van der Waals surface area contributed by atoms with E-state index in [9.17, 15) is 4.79 Å². The number of amides is 2.